The molecule has 0 amide bonds. The molecule has 1 aliphatic carbocycles. The van der Waals surface area contributed by atoms with Crippen molar-refractivity contribution in [1.82, 2.24) is 15.1 Å². The molecule has 2 aliphatic rings. The summed E-state index contributed by atoms with van der Waals surface area (Å²) in [5, 5.41) is 11.4. The highest BCUT2D eigenvalue weighted by atomic mass is 15.3. The minimum atomic E-state index is 0.712. The fraction of sp³-hybridized carbons (Fsp3) is 0.700. The molecule has 1 aliphatic heterocycles. The minimum Gasteiger partial charge on any atom is -0.367 e. The van der Waals surface area contributed by atoms with E-state index in [4.69, 9.17) is 0 Å². The van der Waals surface area contributed by atoms with Crippen LogP contribution in [0, 0.1) is 0 Å². The summed E-state index contributed by atoms with van der Waals surface area (Å²) in [6, 6.07) is 0.712. The summed E-state index contributed by atoms with van der Waals surface area (Å²) in [5.74, 6) is 1.25. The SMILES string of the molecule is Cn1nc2c(c1NC1CC1)CCNC2. The van der Waals surface area contributed by atoms with Crippen LogP contribution < -0.4 is 10.6 Å². The van der Waals surface area contributed by atoms with Crippen LogP contribution in [-0.2, 0) is 20.0 Å². The first-order valence-corrected chi connectivity index (χ1v) is 5.36. The Morgan fingerprint density at radius 3 is 3.14 bits per heavy atom. The molecule has 1 fully saturated rings. The molecule has 0 atom stereocenters. The maximum absolute atomic E-state index is 4.52. The Bertz CT molecular complexity index is 351. The van der Waals surface area contributed by atoms with Gasteiger partial charge in [0.05, 0.1) is 5.69 Å². The van der Waals surface area contributed by atoms with Crippen molar-refractivity contribution in [1.29, 1.82) is 0 Å². The van der Waals surface area contributed by atoms with Gasteiger partial charge in [-0.2, -0.15) is 5.10 Å². The summed E-state index contributed by atoms with van der Waals surface area (Å²) >= 11 is 0. The van der Waals surface area contributed by atoms with E-state index in [2.05, 4.69) is 15.7 Å². The van der Waals surface area contributed by atoms with E-state index < -0.39 is 0 Å². The zero-order chi connectivity index (χ0) is 9.54. The number of rotatable bonds is 2. The van der Waals surface area contributed by atoms with Gasteiger partial charge in [-0.3, -0.25) is 4.68 Å². The summed E-state index contributed by atoms with van der Waals surface area (Å²) in [5.41, 5.74) is 2.65. The maximum atomic E-state index is 4.52. The lowest BCUT2D eigenvalue weighted by Crippen LogP contribution is -2.23. The number of nitrogens with zero attached hydrogens (tertiary/aromatic N) is 2. The third-order valence-corrected chi connectivity index (χ3v) is 2.99. The van der Waals surface area contributed by atoms with Crippen LogP contribution in [-0.4, -0.2) is 22.4 Å². The molecule has 3 rings (SSSR count). The molecule has 1 saturated carbocycles. The number of hydrogen-bond acceptors (Lipinski definition) is 3. The Labute approximate surface area is 83.7 Å². The summed E-state index contributed by atoms with van der Waals surface area (Å²) in [4.78, 5) is 0. The molecule has 0 radical (unpaired) electrons. The van der Waals surface area contributed by atoms with Crippen molar-refractivity contribution in [2.24, 2.45) is 7.05 Å². The van der Waals surface area contributed by atoms with E-state index in [9.17, 15) is 0 Å². The molecule has 0 unspecified atom stereocenters. The maximum Gasteiger partial charge on any atom is 0.127 e. The molecular formula is C10H16N4. The van der Waals surface area contributed by atoms with Gasteiger partial charge < -0.3 is 10.6 Å². The van der Waals surface area contributed by atoms with E-state index in [0.717, 1.165) is 19.5 Å². The second-order valence-corrected chi connectivity index (χ2v) is 4.24. The molecule has 76 valence electrons. The predicted molar refractivity (Wildman–Crippen MR) is 55.3 cm³/mol. The monoisotopic (exact) mass is 192 g/mol. The first kappa shape index (κ1) is 8.29. The van der Waals surface area contributed by atoms with Gasteiger partial charge >= 0.3 is 0 Å². The van der Waals surface area contributed by atoms with Gasteiger partial charge in [-0.05, 0) is 25.8 Å². The van der Waals surface area contributed by atoms with Crippen LogP contribution >= 0.6 is 0 Å². The van der Waals surface area contributed by atoms with Crippen molar-refractivity contribution >= 4 is 5.82 Å². The molecule has 0 saturated heterocycles. The molecule has 0 spiro atoms. The van der Waals surface area contributed by atoms with E-state index in [1.165, 1.54) is 29.9 Å². The van der Waals surface area contributed by atoms with Crippen LogP contribution in [0.2, 0.25) is 0 Å². The highest BCUT2D eigenvalue weighted by Gasteiger charge is 2.26. The van der Waals surface area contributed by atoms with Crippen LogP contribution in [0.3, 0.4) is 0 Å². The van der Waals surface area contributed by atoms with Crippen LogP contribution in [0.15, 0.2) is 0 Å². The highest BCUT2D eigenvalue weighted by Crippen LogP contribution is 2.29. The van der Waals surface area contributed by atoms with Crippen molar-refractivity contribution < 1.29 is 0 Å². The number of hydrogen-bond donors (Lipinski definition) is 2. The average Bonchev–Trinajstić information content (AvgIpc) is 2.93. The summed E-state index contributed by atoms with van der Waals surface area (Å²) in [7, 11) is 2.03. The number of aryl methyl sites for hydroxylation is 1. The van der Waals surface area contributed by atoms with E-state index in [0.29, 0.717) is 6.04 Å². The van der Waals surface area contributed by atoms with Crippen molar-refractivity contribution in [2.75, 3.05) is 11.9 Å². The lowest BCUT2D eigenvalue weighted by Gasteiger charge is -2.13. The molecule has 4 nitrogen and oxygen atoms in total. The van der Waals surface area contributed by atoms with Gasteiger partial charge in [0.2, 0.25) is 0 Å². The van der Waals surface area contributed by atoms with Crippen molar-refractivity contribution in [2.45, 2.75) is 31.8 Å². The van der Waals surface area contributed by atoms with E-state index in [1.807, 2.05) is 11.7 Å². The second kappa shape index (κ2) is 2.98. The van der Waals surface area contributed by atoms with Crippen molar-refractivity contribution in [3.8, 4) is 0 Å². The topological polar surface area (TPSA) is 41.9 Å². The number of anilines is 1. The lowest BCUT2D eigenvalue weighted by atomic mass is 10.1. The molecule has 1 aromatic heterocycles. The van der Waals surface area contributed by atoms with Gasteiger partial charge in [0.25, 0.3) is 0 Å². The van der Waals surface area contributed by atoms with Crippen LogP contribution in [0.4, 0.5) is 5.82 Å². The molecule has 0 aromatic carbocycles. The standard InChI is InChI=1S/C10H16N4/c1-14-10(12-7-2-3-7)8-4-5-11-6-9(8)13-14/h7,11-12H,2-6H2,1H3. The predicted octanol–water partition coefficient (Wildman–Crippen LogP) is 0.640. The van der Waals surface area contributed by atoms with Gasteiger partial charge in [-0.15, -0.1) is 0 Å². The van der Waals surface area contributed by atoms with Gasteiger partial charge in [-0.1, -0.05) is 0 Å². The van der Waals surface area contributed by atoms with Crippen LogP contribution in [0.25, 0.3) is 0 Å². The largest absolute Gasteiger partial charge is 0.367 e. The molecule has 0 bridgehead atoms. The van der Waals surface area contributed by atoms with Crippen LogP contribution in [0.1, 0.15) is 24.1 Å². The molecule has 14 heavy (non-hydrogen) atoms. The zero-order valence-electron chi connectivity index (χ0n) is 8.51. The normalized spacial score (nSPS) is 20.6. The number of fused-ring (bicyclic) bond motifs is 1. The Kier molecular flexibility index (Phi) is 1.77. The molecule has 2 heterocycles. The zero-order valence-corrected chi connectivity index (χ0v) is 8.51. The smallest absolute Gasteiger partial charge is 0.127 e. The molecule has 4 heteroatoms. The minimum absolute atomic E-state index is 0.712. The van der Waals surface area contributed by atoms with E-state index >= 15 is 0 Å². The Hall–Kier alpha value is -1.03. The molecule has 1 aromatic rings. The average molecular weight is 192 g/mol. The first-order chi connectivity index (χ1) is 6.84. The Morgan fingerprint density at radius 1 is 1.50 bits per heavy atom. The number of nitrogens with one attached hydrogen (secondary N) is 2. The molecular weight excluding hydrogens is 176 g/mol. The van der Waals surface area contributed by atoms with Crippen molar-refractivity contribution in [3.63, 3.8) is 0 Å². The summed E-state index contributed by atoms with van der Waals surface area (Å²) in [6.45, 7) is 2.01. The fourth-order valence-electron chi connectivity index (χ4n) is 2.05. The fourth-order valence-corrected chi connectivity index (χ4v) is 2.05. The first-order valence-electron chi connectivity index (χ1n) is 5.36. The number of aromatic nitrogens is 2. The van der Waals surface area contributed by atoms with Gasteiger partial charge in [0.1, 0.15) is 5.82 Å². The third-order valence-electron chi connectivity index (χ3n) is 2.99. The van der Waals surface area contributed by atoms with Gasteiger partial charge in [0, 0.05) is 25.2 Å². The van der Waals surface area contributed by atoms with E-state index in [1.54, 1.807) is 0 Å². The van der Waals surface area contributed by atoms with Gasteiger partial charge in [0.15, 0.2) is 0 Å². The summed E-state index contributed by atoms with van der Waals surface area (Å²) in [6.07, 6.45) is 3.74. The summed E-state index contributed by atoms with van der Waals surface area (Å²) < 4.78 is 2.00. The molecule has 2 N–H and O–H groups in total. The van der Waals surface area contributed by atoms with Crippen LogP contribution in [0.5, 0.6) is 0 Å². The lowest BCUT2D eigenvalue weighted by molar-refractivity contribution is 0.625. The Morgan fingerprint density at radius 2 is 2.36 bits per heavy atom. The highest BCUT2D eigenvalue weighted by molar-refractivity contribution is 5.50. The Balaban J connectivity index is 1.94. The quantitative estimate of drug-likeness (QED) is 0.722. The third kappa shape index (κ3) is 1.30. The second-order valence-electron chi connectivity index (χ2n) is 4.24. The van der Waals surface area contributed by atoms with E-state index in [-0.39, 0.29) is 0 Å². The van der Waals surface area contributed by atoms with Crippen molar-refractivity contribution in [3.05, 3.63) is 11.3 Å². The van der Waals surface area contributed by atoms with Gasteiger partial charge in [-0.25, -0.2) is 0 Å².